The molecule has 166 valence electrons. The Morgan fingerprint density at radius 1 is 1.13 bits per heavy atom. The number of halogens is 1. The average Bonchev–Trinajstić information content (AvgIpc) is 2.81. The SMILES string of the molecule is CN=C(NCCc1cccc(C(=O)NC)c1)NCC1(c2cccc(F)c2)CCOCC1. The minimum Gasteiger partial charge on any atom is -0.381 e. The van der Waals surface area contributed by atoms with Crippen LogP contribution in [0.1, 0.15) is 34.3 Å². The number of carbonyl (C=O) groups excluding carboxylic acids is 1. The van der Waals surface area contributed by atoms with Crippen LogP contribution in [-0.4, -0.2) is 52.3 Å². The van der Waals surface area contributed by atoms with Crippen LogP contribution < -0.4 is 16.0 Å². The number of nitrogens with one attached hydrogen (secondary N) is 3. The normalized spacial score (nSPS) is 15.9. The van der Waals surface area contributed by atoms with Gasteiger partial charge in [-0.05, 0) is 54.7 Å². The van der Waals surface area contributed by atoms with E-state index in [2.05, 4.69) is 20.9 Å². The molecule has 1 amide bonds. The van der Waals surface area contributed by atoms with Gasteiger partial charge >= 0.3 is 0 Å². The molecular formula is C24H31FN4O2. The van der Waals surface area contributed by atoms with Crippen molar-refractivity contribution in [2.75, 3.05) is 40.4 Å². The lowest BCUT2D eigenvalue weighted by Crippen LogP contribution is -2.48. The van der Waals surface area contributed by atoms with Gasteiger partial charge in [-0.1, -0.05) is 24.3 Å². The summed E-state index contributed by atoms with van der Waals surface area (Å²) in [7, 11) is 3.36. The molecule has 0 atom stereocenters. The van der Waals surface area contributed by atoms with Crippen LogP contribution in [0.5, 0.6) is 0 Å². The van der Waals surface area contributed by atoms with Gasteiger partial charge in [-0.25, -0.2) is 4.39 Å². The summed E-state index contributed by atoms with van der Waals surface area (Å²) in [5.74, 6) is 0.390. The molecule has 31 heavy (non-hydrogen) atoms. The van der Waals surface area contributed by atoms with Gasteiger partial charge in [-0.15, -0.1) is 0 Å². The Morgan fingerprint density at radius 3 is 2.61 bits per heavy atom. The van der Waals surface area contributed by atoms with Crippen molar-refractivity contribution in [1.29, 1.82) is 0 Å². The van der Waals surface area contributed by atoms with Gasteiger partial charge in [0.15, 0.2) is 5.96 Å². The summed E-state index contributed by atoms with van der Waals surface area (Å²) in [6, 6.07) is 14.5. The van der Waals surface area contributed by atoms with E-state index >= 15 is 0 Å². The van der Waals surface area contributed by atoms with Gasteiger partial charge in [-0.3, -0.25) is 9.79 Å². The number of aliphatic imine (C=N–C) groups is 1. The molecule has 0 aliphatic carbocycles. The van der Waals surface area contributed by atoms with Gasteiger partial charge in [0.25, 0.3) is 5.91 Å². The molecule has 1 aliphatic heterocycles. The molecule has 0 bridgehead atoms. The smallest absolute Gasteiger partial charge is 0.251 e. The summed E-state index contributed by atoms with van der Waals surface area (Å²) in [4.78, 5) is 16.1. The maximum Gasteiger partial charge on any atom is 0.251 e. The van der Waals surface area contributed by atoms with Crippen LogP contribution in [0.2, 0.25) is 0 Å². The van der Waals surface area contributed by atoms with E-state index in [0.29, 0.717) is 37.8 Å². The third kappa shape index (κ3) is 6.04. The zero-order valence-electron chi connectivity index (χ0n) is 18.2. The Labute approximate surface area is 183 Å². The van der Waals surface area contributed by atoms with E-state index in [1.54, 1.807) is 32.3 Å². The highest BCUT2D eigenvalue weighted by molar-refractivity contribution is 5.94. The number of amides is 1. The molecule has 2 aromatic carbocycles. The third-order valence-corrected chi connectivity index (χ3v) is 5.83. The summed E-state index contributed by atoms with van der Waals surface area (Å²) in [5, 5.41) is 9.40. The summed E-state index contributed by atoms with van der Waals surface area (Å²) in [6.07, 6.45) is 2.41. The highest BCUT2D eigenvalue weighted by atomic mass is 19.1. The second-order valence-electron chi connectivity index (χ2n) is 7.79. The van der Waals surface area contributed by atoms with Gasteiger partial charge < -0.3 is 20.7 Å². The molecule has 0 radical (unpaired) electrons. The largest absolute Gasteiger partial charge is 0.381 e. The Kier molecular flexibility index (Phi) is 8.00. The fourth-order valence-electron chi connectivity index (χ4n) is 3.96. The van der Waals surface area contributed by atoms with Crippen molar-refractivity contribution in [3.05, 3.63) is 71.0 Å². The van der Waals surface area contributed by atoms with Gasteiger partial charge in [0.1, 0.15) is 5.82 Å². The number of hydrogen-bond acceptors (Lipinski definition) is 3. The lowest BCUT2D eigenvalue weighted by atomic mass is 9.74. The lowest BCUT2D eigenvalue weighted by molar-refractivity contribution is 0.0513. The fraction of sp³-hybridized carbons (Fsp3) is 0.417. The molecule has 1 fully saturated rings. The maximum absolute atomic E-state index is 13.9. The first-order chi connectivity index (χ1) is 15.1. The van der Waals surface area contributed by atoms with Crippen LogP contribution in [0.25, 0.3) is 0 Å². The van der Waals surface area contributed by atoms with Gasteiger partial charge in [-0.2, -0.15) is 0 Å². The number of nitrogens with zero attached hydrogens (tertiary/aromatic N) is 1. The standard InChI is InChI=1S/C24H31FN4O2/c1-26-22(30)19-6-3-5-18(15-19)9-12-28-23(27-2)29-17-24(10-13-31-14-11-24)20-7-4-8-21(25)16-20/h3-8,15-16H,9-14,17H2,1-2H3,(H,26,30)(H2,27,28,29). The molecule has 2 aromatic rings. The Bertz CT molecular complexity index is 910. The highest BCUT2D eigenvalue weighted by Crippen LogP contribution is 2.34. The molecule has 0 unspecified atom stereocenters. The molecule has 1 aliphatic rings. The zero-order valence-corrected chi connectivity index (χ0v) is 18.2. The zero-order chi connectivity index (χ0) is 22.1. The van der Waals surface area contributed by atoms with Crippen molar-refractivity contribution in [2.45, 2.75) is 24.7 Å². The topological polar surface area (TPSA) is 74.8 Å². The van der Waals surface area contributed by atoms with Crippen LogP contribution in [0.4, 0.5) is 4.39 Å². The van der Waals surface area contributed by atoms with Crippen LogP contribution in [0.15, 0.2) is 53.5 Å². The van der Waals surface area contributed by atoms with Gasteiger partial charge in [0.05, 0.1) is 0 Å². The number of ether oxygens (including phenoxy) is 1. The molecule has 3 N–H and O–H groups in total. The molecule has 0 aromatic heterocycles. The first-order valence-corrected chi connectivity index (χ1v) is 10.7. The summed E-state index contributed by atoms with van der Waals surface area (Å²) in [5.41, 5.74) is 2.52. The van der Waals surface area contributed by atoms with Gasteiger partial charge in [0.2, 0.25) is 0 Å². The van der Waals surface area contributed by atoms with E-state index in [4.69, 9.17) is 4.74 Å². The number of hydrogen-bond donors (Lipinski definition) is 3. The minimum absolute atomic E-state index is 0.0913. The van der Waals surface area contributed by atoms with Crippen LogP contribution in [-0.2, 0) is 16.6 Å². The third-order valence-electron chi connectivity index (χ3n) is 5.83. The Hall–Kier alpha value is -2.93. The van der Waals surface area contributed by atoms with Crippen LogP contribution in [0, 0.1) is 5.82 Å². The number of guanidine groups is 1. The quantitative estimate of drug-likeness (QED) is 0.470. The minimum atomic E-state index is -0.218. The van der Waals surface area contributed by atoms with Crippen molar-refractivity contribution < 1.29 is 13.9 Å². The number of benzene rings is 2. The lowest BCUT2D eigenvalue weighted by Gasteiger charge is -2.38. The van der Waals surface area contributed by atoms with E-state index in [1.807, 2.05) is 24.3 Å². The number of carbonyl (C=O) groups is 1. The average molecular weight is 427 g/mol. The summed E-state index contributed by atoms with van der Waals surface area (Å²) in [6.45, 7) is 2.64. The van der Waals surface area contributed by atoms with Crippen molar-refractivity contribution in [2.24, 2.45) is 4.99 Å². The predicted octanol–water partition coefficient (Wildman–Crippen LogP) is 2.64. The Balaban J connectivity index is 1.58. The van der Waals surface area contributed by atoms with E-state index in [1.165, 1.54) is 6.07 Å². The molecule has 0 saturated carbocycles. The molecule has 0 spiro atoms. The van der Waals surface area contributed by atoms with Gasteiger partial charge in [0, 0.05) is 51.4 Å². The molecule has 1 saturated heterocycles. The van der Waals surface area contributed by atoms with Crippen molar-refractivity contribution in [1.82, 2.24) is 16.0 Å². The second kappa shape index (κ2) is 10.9. The molecule has 3 rings (SSSR count). The van der Waals surface area contributed by atoms with E-state index in [0.717, 1.165) is 30.4 Å². The molecule has 1 heterocycles. The second-order valence-corrected chi connectivity index (χ2v) is 7.79. The molecule has 7 heteroatoms. The predicted molar refractivity (Wildman–Crippen MR) is 121 cm³/mol. The van der Waals surface area contributed by atoms with Crippen LogP contribution in [0.3, 0.4) is 0 Å². The van der Waals surface area contributed by atoms with E-state index in [-0.39, 0.29) is 17.1 Å². The van der Waals surface area contributed by atoms with E-state index in [9.17, 15) is 9.18 Å². The van der Waals surface area contributed by atoms with Crippen molar-refractivity contribution >= 4 is 11.9 Å². The van der Waals surface area contributed by atoms with Crippen molar-refractivity contribution in [3.63, 3.8) is 0 Å². The number of rotatable bonds is 7. The Morgan fingerprint density at radius 2 is 1.90 bits per heavy atom. The summed E-state index contributed by atoms with van der Waals surface area (Å²) < 4.78 is 19.4. The maximum atomic E-state index is 13.9. The van der Waals surface area contributed by atoms with Crippen molar-refractivity contribution in [3.8, 4) is 0 Å². The monoisotopic (exact) mass is 426 g/mol. The summed E-state index contributed by atoms with van der Waals surface area (Å²) >= 11 is 0. The molecular weight excluding hydrogens is 395 g/mol. The van der Waals surface area contributed by atoms with Crippen LogP contribution >= 0.6 is 0 Å². The fourth-order valence-corrected chi connectivity index (χ4v) is 3.96. The van der Waals surface area contributed by atoms with E-state index < -0.39 is 0 Å². The molecule has 6 nitrogen and oxygen atoms in total. The first kappa shape index (κ1) is 22.7. The first-order valence-electron chi connectivity index (χ1n) is 10.7. The highest BCUT2D eigenvalue weighted by Gasteiger charge is 2.34.